The minimum Gasteiger partial charge on any atom is -0.375 e. The second-order valence-corrected chi connectivity index (χ2v) is 6.12. The van der Waals surface area contributed by atoms with Gasteiger partial charge in [-0.05, 0) is 26.8 Å². The van der Waals surface area contributed by atoms with Gasteiger partial charge >= 0.3 is 0 Å². The molecular weight excluding hydrogens is 296 g/mol. The van der Waals surface area contributed by atoms with E-state index >= 15 is 0 Å². The average Bonchev–Trinajstić information content (AvgIpc) is 2.71. The zero-order valence-electron chi connectivity index (χ0n) is 11.8. The molecule has 0 radical (unpaired) electrons. The van der Waals surface area contributed by atoms with Gasteiger partial charge in [0.25, 0.3) is 5.91 Å². The van der Waals surface area contributed by atoms with Crippen molar-refractivity contribution in [3.63, 3.8) is 0 Å². The second kappa shape index (κ2) is 5.77. The number of amides is 1. The molecule has 0 aliphatic carbocycles. The van der Waals surface area contributed by atoms with E-state index in [1.54, 1.807) is 11.3 Å². The van der Waals surface area contributed by atoms with E-state index in [2.05, 4.69) is 10.3 Å². The first-order chi connectivity index (χ1) is 9.79. The van der Waals surface area contributed by atoms with Crippen LogP contribution in [-0.4, -0.2) is 10.9 Å². The van der Waals surface area contributed by atoms with Crippen LogP contribution in [0, 0.1) is 25.5 Å². The topological polar surface area (TPSA) is 68.0 Å². The summed E-state index contributed by atoms with van der Waals surface area (Å²) in [5.74, 6) is -2.70. The molecule has 7 heteroatoms. The summed E-state index contributed by atoms with van der Waals surface area (Å²) in [5.41, 5.74) is 5.52. The Morgan fingerprint density at radius 3 is 2.52 bits per heavy atom. The molecule has 0 fully saturated rings. The number of carbonyl (C=O) groups excluding carboxylic acids is 1. The zero-order valence-corrected chi connectivity index (χ0v) is 12.6. The van der Waals surface area contributed by atoms with Gasteiger partial charge in [0.1, 0.15) is 11.6 Å². The van der Waals surface area contributed by atoms with Crippen LogP contribution in [0.15, 0.2) is 12.1 Å². The first kappa shape index (κ1) is 15.4. The quantitative estimate of drug-likeness (QED) is 0.910. The number of aromatic nitrogens is 1. The maximum atomic E-state index is 13.8. The summed E-state index contributed by atoms with van der Waals surface area (Å²) in [5, 5.41) is 3.81. The lowest BCUT2D eigenvalue weighted by molar-refractivity contribution is 0.0996. The fraction of sp³-hybridized carbons (Fsp3) is 0.286. The third-order valence-corrected chi connectivity index (χ3v) is 3.95. The average molecular weight is 311 g/mol. The lowest BCUT2D eigenvalue weighted by atomic mass is 10.1. The number of rotatable bonds is 4. The maximum Gasteiger partial charge on any atom is 0.251 e. The lowest BCUT2D eigenvalue weighted by Crippen LogP contribution is -2.16. The van der Waals surface area contributed by atoms with Crippen LogP contribution in [0.5, 0.6) is 0 Å². The fourth-order valence-electron chi connectivity index (χ4n) is 2.10. The molecule has 1 atom stereocenters. The standard InChI is InChI=1S/C14H15F2N3OS/c1-6(13-7(2)21-8(3)19-13)18-12-4-9(14(17)20)10(15)5-11(12)16/h4-6,18H,1-3H3,(H2,17,20). The third-order valence-electron chi connectivity index (χ3n) is 3.04. The first-order valence-corrected chi connectivity index (χ1v) is 7.10. The number of aryl methyl sites for hydroxylation is 2. The third kappa shape index (κ3) is 3.18. The Morgan fingerprint density at radius 2 is 2.00 bits per heavy atom. The minimum atomic E-state index is -0.973. The number of nitrogens with zero attached hydrogens (tertiary/aromatic N) is 1. The van der Waals surface area contributed by atoms with Crippen LogP contribution in [0.2, 0.25) is 0 Å². The highest BCUT2D eigenvalue weighted by Crippen LogP contribution is 2.27. The highest BCUT2D eigenvalue weighted by molar-refractivity contribution is 7.11. The summed E-state index contributed by atoms with van der Waals surface area (Å²) in [6.45, 7) is 5.62. The number of carbonyl (C=O) groups is 1. The molecule has 2 aromatic rings. The monoisotopic (exact) mass is 311 g/mol. The van der Waals surface area contributed by atoms with Gasteiger partial charge in [-0.2, -0.15) is 0 Å². The molecule has 1 amide bonds. The summed E-state index contributed by atoms with van der Waals surface area (Å²) in [6, 6.07) is 1.45. The minimum absolute atomic E-state index is 0.0164. The van der Waals surface area contributed by atoms with Crippen molar-refractivity contribution in [3.05, 3.63) is 44.9 Å². The van der Waals surface area contributed by atoms with E-state index in [0.29, 0.717) is 6.07 Å². The predicted molar refractivity (Wildman–Crippen MR) is 78.5 cm³/mol. The number of hydrogen-bond acceptors (Lipinski definition) is 4. The van der Waals surface area contributed by atoms with Crippen molar-refractivity contribution >= 4 is 22.9 Å². The molecule has 1 heterocycles. The van der Waals surface area contributed by atoms with Gasteiger partial charge in [-0.15, -0.1) is 11.3 Å². The number of nitrogens with one attached hydrogen (secondary N) is 1. The number of nitrogens with two attached hydrogens (primary N) is 1. The maximum absolute atomic E-state index is 13.8. The van der Waals surface area contributed by atoms with E-state index in [-0.39, 0.29) is 17.3 Å². The van der Waals surface area contributed by atoms with Crippen LogP contribution >= 0.6 is 11.3 Å². The highest BCUT2D eigenvalue weighted by atomic mass is 32.1. The molecule has 0 spiro atoms. The predicted octanol–water partition coefficient (Wildman–Crippen LogP) is 3.31. The molecule has 0 aliphatic rings. The Hall–Kier alpha value is -2.02. The molecule has 112 valence electrons. The Labute approximate surface area is 125 Å². The largest absolute Gasteiger partial charge is 0.375 e. The Morgan fingerprint density at radius 1 is 1.33 bits per heavy atom. The van der Waals surface area contributed by atoms with Crippen molar-refractivity contribution in [1.82, 2.24) is 4.98 Å². The molecule has 21 heavy (non-hydrogen) atoms. The van der Waals surface area contributed by atoms with Crippen LogP contribution in [0.4, 0.5) is 14.5 Å². The summed E-state index contributed by atoms with van der Waals surface area (Å²) >= 11 is 1.54. The molecular formula is C14H15F2N3OS. The number of benzene rings is 1. The van der Waals surface area contributed by atoms with Gasteiger partial charge in [0.05, 0.1) is 28.0 Å². The number of anilines is 1. The SMILES string of the molecule is Cc1nc(C(C)Nc2cc(C(N)=O)c(F)cc2F)c(C)s1. The van der Waals surface area contributed by atoms with Gasteiger partial charge in [-0.3, -0.25) is 4.79 Å². The number of halogens is 2. The molecule has 0 aliphatic heterocycles. The van der Waals surface area contributed by atoms with E-state index in [1.807, 2.05) is 20.8 Å². The van der Waals surface area contributed by atoms with Crippen LogP contribution < -0.4 is 11.1 Å². The van der Waals surface area contributed by atoms with E-state index in [9.17, 15) is 13.6 Å². The summed E-state index contributed by atoms with van der Waals surface area (Å²) in [6.07, 6.45) is 0. The van der Waals surface area contributed by atoms with Crippen LogP contribution in [-0.2, 0) is 0 Å². The van der Waals surface area contributed by atoms with Crippen LogP contribution in [0.25, 0.3) is 0 Å². The van der Waals surface area contributed by atoms with Crippen molar-refractivity contribution in [1.29, 1.82) is 0 Å². The molecule has 1 unspecified atom stereocenters. The van der Waals surface area contributed by atoms with Gasteiger partial charge < -0.3 is 11.1 Å². The van der Waals surface area contributed by atoms with E-state index in [4.69, 9.17) is 5.73 Å². The Bertz CT molecular complexity index is 700. The first-order valence-electron chi connectivity index (χ1n) is 6.29. The molecule has 1 aromatic carbocycles. The molecule has 1 aromatic heterocycles. The highest BCUT2D eigenvalue weighted by Gasteiger charge is 2.18. The molecule has 4 nitrogen and oxygen atoms in total. The Kier molecular flexibility index (Phi) is 4.22. The summed E-state index contributed by atoms with van der Waals surface area (Å²) in [7, 11) is 0. The van der Waals surface area contributed by atoms with E-state index < -0.39 is 17.5 Å². The van der Waals surface area contributed by atoms with Crippen LogP contribution in [0.3, 0.4) is 0 Å². The van der Waals surface area contributed by atoms with Crippen molar-refractivity contribution in [2.75, 3.05) is 5.32 Å². The van der Waals surface area contributed by atoms with Gasteiger partial charge in [0.15, 0.2) is 0 Å². The molecule has 0 bridgehead atoms. The molecule has 0 saturated carbocycles. The van der Waals surface area contributed by atoms with Crippen molar-refractivity contribution in [2.24, 2.45) is 5.73 Å². The molecule has 3 N–H and O–H groups in total. The van der Waals surface area contributed by atoms with Gasteiger partial charge in [-0.1, -0.05) is 0 Å². The number of primary amides is 1. The van der Waals surface area contributed by atoms with E-state index in [0.717, 1.165) is 21.6 Å². The number of thiazole rings is 1. The van der Waals surface area contributed by atoms with Crippen molar-refractivity contribution in [2.45, 2.75) is 26.8 Å². The fourth-order valence-corrected chi connectivity index (χ4v) is 3.01. The second-order valence-electron chi connectivity index (χ2n) is 4.72. The number of hydrogen-bond donors (Lipinski definition) is 2. The molecule has 0 saturated heterocycles. The summed E-state index contributed by atoms with van der Waals surface area (Å²) in [4.78, 5) is 16.5. The normalized spacial score (nSPS) is 12.2. The van der Waals surface area contributed by atoms with Crippen molar-refractivity contribution in [3.8, 4) is 0 Å². The van der Waals surface area contributed by atoms with Gasteiger partial charge in [-0.25, -0.2) is 13.8 Å². The van der Waals surface area contributed by atoms with Gasteiger partial charge in [0, 0.05) is 10.9 Å². The van der Waals surface area contributed by atoms with Crippen molar-refractivity contribution < 1.29 is 13.6 Å². The lowest BCUT2D eigenvalue weighted by Gasteiger charge is -2.15. The summed E-state index contributed by atoms with van der Waals surface area (Å²) < 4.78 is 27.2. The smallest absolute Gasteiger partial charge is 0.251 e. The van der Waals surface area contributed by atoms with Crippen LogP contribution in [0.1, 0.15) is 38.9 Å². The molecule has 2 rings (SSSR count). The van der Waals surface area contributed by atoms with Gasteiger partial charge in [0.2, 0.25) is 0 Å². The Balaban J connectivity index is 2.33. The zero-order chi connectivity index (χ0) is 15.7. The van der Waals surface area contributed by atoms with E-state index in [1.165, 1.54) is 0 Å².